The van der Waals surface area contributed by atoms with Crippen LogP contribution in [-0.4, -0.2) is 28.6 Å². The summed E-state index contributed by atoms with van der Waals surface area (Å²) in [5.41, 5.74) is 1.18. The molecule has 7 heteroatoms. The van der Waals surface area contributed by atoms with E-state index in [0.717, 1.165) is 0 Å². The summed E-state index contributed by atoms with van der Waals surface area (Å²) in [6.45, 7) is 1.99. The number of hydrogen-bond acceptors (Lipinski definition) is 4. The molecule has 130 valence electrons. The third-order valence-corrected chi connectivity index (χ3v) is 4.10. The van der Waals surface area contributed by atoms with Crippen molar-refractivity contribution in [2.45, 2.75) is 25.8 Å². The molecule has 0 aliphatic carbocycles. The van der Waals surface area contributed by atoms with Crippen molar-refractivity contribution >= 4 is 11.9 Å². The number of hydrogen-bond donors (Lipinski definition) is 2. The summed E-state index contributed by atoms with van der Waals surface area (Å²) < 4.78 is 18.9. The summed E-state index contributed by atoms with van der Waals surface area (Å²) in [5.74, 6) is -1.48. The third kappa shape index (κ3) is 3.60. The van der Waals surface area contributed by atoms with Gasteiger partial charge < -0.3 is 15.2 Å². The number of carbonyl (C=O) groups excluding carboxylic acids is 1. The topological polar surface area (TPSA) is 88.5 Å². The van der Waals surface area contributed by atoms with Gasteiger partial charge in [-0.15, -0.1) is 0 Å². The van der Waals surface area contributed by atoms with Crippen LogP contribution in [0.4, 0.5) is 4.39 Å². The van der Waals surface area contributed by atoms with Gasteiger partial charge in [-0.1, -0.05) is 6.07 Å². The number of carbonyl (C=O) groups is 2. The second-order valence-electron chi connectivity index (χ2n) is 5.83. The van der Waals surface area contributed by atoms with E-state index in [0.29, 0.717) is 30.8 Å². The fourth-order valence-corrected chi connectivity index (χ4v) is 2.84. The number of ether oxygens (including phenoxy) is 1. The molecule has 25 heavy (non-hydrogen) atoms. The predicted octanol–water partition coefficient (Wildman–Crippen LogP) is 2.87. The van der Waals surface area contributed by atoms with E-state index in [4.69, 9.17) is 9.84 Å². The van der Waals surface area contributed by atoms with Crippen LogP contribution >= 0.6 is 0 Å². The van der Waals surface area contributed by atoms with Gasteiger partial charge in [0.1, 0.15) is 17.3 Å². The molecule has 0 bridgehead atoms. The molecule has 0 spiro atoms. The maximum atomic E-state index is 13.4. The first kappa shape index (κ1) is 16.9. The number of rotatable bonds is 3. The number of carboxylic acids is 1. The Balaban J connectivity index is 1.84. The molecule has 0 saturated heterocycles. The average molecular weight is 344 g/mol. The van der Waals surface area contributed by atoms with E-state index in [9.17, 15) is 14.0 Å². The van der Waals surface area contributed by atoms with Crippen LogP contribution in [0, 0.1) is 12.7 Å². The zero-order chi connectivity index (χ0) is 18.0. The Morgan fingerprint density at radius 3 is 2.84 bits per heavy atom. The number of aromatic carboxylic acids is 1. The number of pyridine rings is 1. The van der Waals surface area contributed by atoms with Crippen molar-refractivity contribution < 1.29 is 23.8 Å². The van der Waals surface area contributed by atoms with E-state index in [1.54, 1.807) is 6.07 Å². The van der Waals surface area contributed by atoms with E-state index < -0.39 is 17.7 Å². The number of benzene rings is 1. The van der Waals surface area contributed by atoms with Crippen molar-refractivity contribution in [1.29, 1.82) is 0 Å². The van der Waals surface area contributed by atoms with Gasteiger partial charge in [-0.05, 0) is 38.0 Å². The van der Waals surface area contributed by atoms with Crippen LogP contribution in [-0.2, 0) is 0 Å². The molecule has 3 rings (SSSR count). The molecule has 2 N–H and O–H groups in total. The van der Waals surface area contributed by atoms with Crippen molar-refractivity contribution in [1.82, 2.24) is 10.3 Å². The minimum Gasteiger partial charge on any atom is -0.493 e. The molecule has 2 aromatic rings. The largest absolute Gasteiger partial charge is 0.493 e. The molecule has 1 aliphatic heterocycles. The molecule has 0 radical (unpaired) electrons. The summed E-state index contributed by atoms with van der Waals surface area (Å²) in [5, 5.41) is 11.9. The molecule has 1 aromatic heterocycles. The Hall–Kier alpha value is -2.96. The van der Waals surface area contributed by atoms with Crippen LogP contribution in [0.3, 0.4) is 0 Å². The lowest BCUT2D eigenvalue weighted by molar-refractivity contribution is 0.0694. The minimum absolute atomic E-state index is 0.0558. The van der Waals surface area contributed by atoms with Crippen LogP contribution < -0.4 is 10.1 Å². The third-order valence-electron chi connectivity index (χ3n) is 4.10. The summed E-state index contributed by atoms with van der Waals surface area (Å²) >= 11 is 0. The number of fused-ring (bicyclic) bond motifs is 1. The lowest BCUT2D eigenvalue weighted by Gasteiger charge is -2.18. The van der Waals surface area contributed by atoms with Gasteiger partial charge in [-0.2, -0.15) is 0 Å². The van der Waals surface area contributed by atoms with Crippen LogP contribution in [0.1, 0.15) is 51.0 Å². The van der Waals surface area contributed by atoms with Gasteiger partial charge in [0.05, 0.1) is 23.9 Å². The zero-order valence-corrected chi connectivity index (χ0v) is 13.6. The molecular formula is C18H17FN2O4. The van der Waals surface area contributed by atoms with E-state index in [2.05, 4.69) is 10.3 Å². The second kappa shape index (κ2) is 6.88. The van der Waals surface area contributed by atoms with Crippen LogP contribution in [0.5, 0.6) is 5.75 Å². The van der Waals surface area contributed by atoms with Gasteiger partial charge in [0.25, 0.3) is 5.91 Å². The van der Waals surface area contributed by atoms with Crippen molar-refractivity contribution in [3.05, 3.63) is 58.7 Å². The molecule has 1 unspecified atom stereocenters. The predicted molar refractivity (Wildman–Crippen MR) is 87.3 cm³/mol. The standard InChI is InChI=1S/C18H17FN2O4/c1-10-12(18(23)24)6-7-15(20-10)17(22)21-14-3-2-8-25-16-9-11(19)4-5-13(14)16/h4-7,9,14H,2-3,8H2,1H3,(H,21,22)(H,23,24). The monoisotopic (exact) mass is 344 g/mol. The maximum Gasteiger partial charge on any atom is 0.337 e. The lowest BCUT2D eigenvalue weighted by atomic mass is 10.0. The van der Waals surface area contributed by atoms with E-state index in [-0.39, 0.29) is 23.0 Å². The highest BCUT2D eigenvalue weighted by Gasteiger charge is 2.23. The quantitative estimate of drug-likeness (QED) is 0.894. The Kier molecular flexibility index (Phi) is 4.65. The second-order valence-corrected chi connectivity index (χ2v) is 5.83. The van der Waals surface area contributed by atoms with Crippen molar-refractivity contribution in [2.75, 3.05) is 6.61 Å². The van der Waals surface area contributed by atoms with Gasteiger partial charge in [0, 0.05) is 11.6 Å². The normalized spacial score (nSPS) is 16.3. The van der Waals surface area contributed by atoms with Crippen molar-refractivity contribution in [3.63, 3.8) is 0 Å². The van der Waals surface area contributed by atoms with Gasteiger partial charge in [-0.25, -0.2) is 14.2 Å². The van der Waals surface area contributed by atoms with Crippen LogP contribution in [0.25, 0.3) is 0 Å². The Bertz CT molecular complexity index is 838. The molecule has 1 amide bonds. The van der Waals surface area contributed by atoms with Crippen LogP contribution in [0.2, 0.25) is 0 Å². The summed E-state index contributed by atoms with van der Waals surface area (Å²) in [4.78, 5) is 27.6. The molecular weight excluding hydrogens is 327 g/mol. The fraction of sp³-hybridized carbons (Fsp3) is 0.278. The number of amides is 1. The molecule has 6 nitrogen and oxygen atoms in total. The number of halogens is 1. The first-order chi connectivity index (χ1) is 12.0. The smallest absolute Gasteiger partial charge is 0.337 e. The Morgan fingerprint density at radius 1 is 1.32 bits per heavy atom. The summed E-state index contributed by atoms with van der Waals surface area (Å²) in [7, 11) is 0. The van der Waals surface area contributed by atoms with E-state index in [1.165, 1.54) is 31.2 Å². The molecule has 2 heterocycles. The molecule has 0 fully saturated rings. The highest BCUT2D eigenvalue weighted by atomic mass is 19.1. The maximum absolute atomic E-state index is 13.4. The number of nitrogens with one attached hydrogen (secondary N) is 1. The highest BCUT2D eigenvalue weighted by Crippen LogP contribution is 2.32. The van der Waals surface area contributed by atoms with Gasteiger partial charge in [0.15, 0.2) is 0 Å². The van der Waals surface area contributed by atoms with Crippen molar-refractivity contribution in [3.8, 4) is 5.75 Å². The molecule has 0 saturated carbocycles. The summed E-state index contributed by atoms with van der Waals surface area (Å²) in [6, 6.07) is 6.66. The number of aryl methyl sites for hydroxylation is 1. The van der Waals surface area contributed by atoms with Crippen molar-refractivity contribution in [2.24, 2.45) is 0 Å². The molecule has 1 aliphatic rings. The lowest BCUT2D eigenvalue weighted by Crippen LogP contribution is -2.29. The number of aromatic nitrogens is 1. The fourth-order valence-electron chi connectivity index (χ4n) is 2.84. The Labute approximate surface area is 143 Å². The highest BCUT2D eigenvalue weighted by molar-refractivity contribution is 5.94. The summed E-state index contributed by atoms with van der Waals surface area (Å²) in [6.07, 6.45) is 1.36. The number of carboxylic acid groups (broad SMARTS) is 1. The Morgan fingerprint density at radius 2 is 2.12 bits per heavy atom. The van der Waals surface area contributed by atoms with Gasteiger partial charge in [-0.3, -0.25) is 4.79 Å². The average Bonchev–Trinajstić information content (AvgIpc) is 2.76. The number of nitrogens with zero attached hydrogens (tertiary/aromatic N) is 1. The molecule has 1 aromatic carbocycles. The van der Waals surface area contributed by atoms with Gasteiger partial charge >= 0.3 is 5.97 Å². The van der Waals surface area contributed by atoms with Crippen LogP contribution in [0.15, 0.2) is 30.3 Å². The zero-order valence-electron chi connectivity index (χ0n) is 13.6. The van der Waals surface area contributed by atoms with Gasteiger partial charge in [0.2, 0.25) is 0 Å². The minimum atomic E-state index is -1.09. The first-order valence-corrected chi connectivity index (χ1v) is 7.90. The first-order valence-electron chi connectivity index (χ1n) is 7.90. The SMILES string of the molecule is Cc1nc(C(=O)NC2CCCOc3cc(F)ccc32)ccc1C(=O)O. The van der Waals surface area contributed by atoms with E-state index >= 15 is 0 Å². The van der Waals surface area contributed by atoms with E-state index in [1.807, 2.05) is 0 Å². The molecule has 1 atom stereocenters.